The molecule has 0 aliphatic carbocycles. The lowest BCUT2D eigenvalue weighted by molar-refractivity contribution is 1.29. The van der Waals surface area contributed by atoms with Crippen LogP contribution in [0.2, 0.25) is 0 Å². The average molecular weight is 665 g/mol. The molecule has 0 aliphatic rings. The maximum absolute atomic E-state index is 2.43. The Labute approximate surface area is 303 Å². The molecule has 0 aromatic heterocycles. The third-order valence-electron chi connectivity index (χ3n) is 10.8. The molecule has 0 saturated heterocycles. The summed E-state index contributed by atoms with van der Waals surface area (Å²) in [7, 11) is 0. The Morgan fingerprint density at radius 2 is 0.654 bits per heavy atom. The fourth-order valence-electron chi connectivity index (χ4n) is 8.31. The highest BCUT2D eigenvalue weighted by molar-refractivity contribution is 6.29. The molecule has 0 saturated carbocycles. The lowest BCUT2D eigenvalue weighted by atomic mass is 9.88. The first-order valence-corrected chi connectivity index (χ1v) is 18.0. The van der Waals surface area contributed by atoms with Gasteiger partial charge in [-0.05, 0) is 129 Å². The summed E-state index contributed by atoms with van der Waals surface area (Å²) in [5.74, 6) is 0. The van der Waals surface area contributed by atoms with Crippen molar-refractivity contribution in [3.8, 4) is 0 Å². The van der Waals surface area contributed by atoms with E-state index < -0.39 is 0 Å². The molecule has 0 unspecified atom stereocenters. The number of nitrogens with zero attached hydrogens (tertiary/aromatic N) is 2. The van der Waals surface area contributed by atoms with Crippen LogP contribution in [0.3, 0.4) is 0 Å². The van der Waals surface area contributed by atoms with Crippen LogP contribution in [0.25, 0.3) is 53.9 Å². The molecule has 0 aliphatic heterocycles. The molecule has 10 aromatic carbocycles. The quantitative estimate of drug-likeness (QED) is 0.163. The van der Waals surface area contributed by atoms with E-state index in [4.69, 9.17) is 0 Å². The molecule has 2 nitrogen and oxygen atoms in total. The largest absolute Gasteiger partial charge is 0.310 e. The highest BCUT2D eigenvalue weighted by Crippen LogP contribution is 2.49. The summed E-state index contributed by atoms with van der Waals surface area (Å²) in [6.07, 6.45) is 0. The molecule has 52 heavy (non-hydrogen) atoms. The van der Waals surface area contributed by atoms with E-state index in [-0.39, 0.29) is 0 Å². The molecule has 10 rings (SSSR count). The molecule has 0 spiro atoms. The van der Waals surface area contributed by atoms with Crippen molar-refractivity contribution in [1.82, 2.24) is 0 Å². The summed E-state index contributed by atoms with van der Waals surface area (Å²) < 4.78 is 0. The van der Waals surface area contributed by atoms with Gasteiger partial charge in [0.1, 0.15) is 0 Å². The summed E-state index contributed by atoms with van der Waals surface area (Å²) in [6.45, 7) is 4.52. The van der Waals surface area contributed by atoms with Crippen molar-refractivity contribution < 1.29 is 0 Å². The first-order chi connectivity index (χ1) is 25.6. The highest BCUT2D eigenvalue weighted by Gasteiger charge is 2.23. The Balaban J connectivity index is 1.27. The molecule has 0 bridgehead atoms. The van der Waals surface area contributed by atoms with Crippen LogP contribution in [-0.2, 0) is 0 Å². The van der Waals surface area contributed by atoms with Crippen molar-refractivity contribution >= 4 is 88.0 Å². The highest BCUT2D eigenvalue weighted by atomic mass is 15.1. The molecular formula is C50H36N2. The van der Waals surface area contributed by atoms with Crippen LogP contribution < -0.4 is 9.80 Å². The van der Waals surface area contributed by atoms with Gasteiger partial charge in [-0.15, -0.1) is 0 Å². The fraction of sp³-hybridized carbons (Fsp3) is 0.0400. The molecule has 246 valence electrons. The van der Waals surface area contributed by atoms with Crippen LogP contribution in [0.1, 0.15) is 11.1 Å². The van der Waals surface area contributed by atoms with Crippen molar-refractivity contribution in [2.24, 2.45) is 0 Å². The van der Waals surface area contributed by atoms with Crippen molar-refractivity contribution in [2.45, 2.75) is 13.8 Å². The summed E-state index contributed by atoms with van der Waals surface area (Å²) in [4.78, 5) is 4.87. The lowest BCUT2D eigenvalue weighted by Gasteiger charge is -2.30. The average Bonchev–Trinajstić information content (AvgIpc) is 3.19. The van der Waals surface area contributed by atoms with Crippen molar-refractivity contribution in [3.63, 3.8) is 0 Å². The normalized spacial score (nSPS) is 11.7. The van der Waals surface area contributed by atoms with Gasteiger partial charge in [-0.25, -0.2) is 0 Å². The first-order valence-electron chi connectivity index (χ1n) is 18.0. The number of hydrogen-bond acceptors (Lipinski definition) is 2. The van der Waals surface area contributed by atoms with Crippen LogP contribution in [0, 0.1) is 13.8 Å². The molecule has 0 atom stereocenters. The predicted octanol–water partition coefficient (Wildman–Crippen LogP) is 14.4. The van der Waals surface area contributed by atoms with E-state index in [1.165, 1.54) is 76.4 Å². The molecule has 0 heterocycles. The van der Waals surface area contributed by atoms with Gasteiger partial charge in [0, 0.05) is 33.5 Å². The van der Waals surface area contributed by atoms with E-state index in [2.05, 4.69) is 206 Å². The number of aryl methyl sites for hydroxylation is 2. The Morgan fingerprint density at radius 3 is 1.08 bits per heavy atom. The molecule has 10 aromatic rings. The molecule has 2 heteroatoms. The van der Waals surface area contributed by atoms with Gasteiger partial charge >= 0.3 is 0 Å². The summed E-state index contributed by atoms with van der Waals surface area (Å²) >= 11 is 0. The molecule has 0 fully saturated rings. The van der Waals surface area contributed by atoms with E-state index in [1.54, 1.807) is 0 Å². The Hall–Kier alpha value is -6.64. The topological polar surface area (TPSA) is 6.48 Å². The number of rotatable bonds is 6. The number of benzene rings is 10. The second kappa shape index (κ2) is 12.0. The van der Waals surface area contributed by atoms with E-state index in [9.17, 15) is 0 Å². The zero-order chi connectivity index (χ0) is 34.8. The zero-order valence-corrected chi connectivity index (χ0v) is 29.2. The smallest absolute Gasteiger partial charge is 0.0543 e. The van der Waals surface area contributed by atoms with Gasteiger partial charge in [0.25, 0.3) is 0 Å². The van der Waals surface area contributed by atoms with E-state index in [0.29, 0.717) is 0 Å². The second-order valence-corrected chi connectivity index (χ2v) is 13.9. The second-order valence-electron chi connectivity index (χ2n) is 13.9. The lowest BCUT2D eigenvalue weighted by Crippen LogP contribution is -2.12. The Bertz CT molecular complexity index is 2730. The monoisotopic (exact) mass is 664 g/mol. The van der Waals surface area contributed by atoms with Gasteiger partial charge in [0.15, 0.2) is 0 Å². The third kappa shape index (κ3) is 4.80. The van der Waals surface area contributed by atoms with E-state index in [0.717, 1.165) is 22.7 Å². The zero-order valence-electron chi connectivity index (χ0n) is 29.2. The van der Waals surface area contributed by atoms with Crippen LogP contribution in [0.4, 0.5) is 34.1 Å². The molecule has 0 amide bonds. The van der Waals surface area contributed by atoms with Gasteiger partial charge in [0.05, 0.1) is 11.4 Å². The van der Waals surface area contributed by atoms with Crippen LogP contribution in [0.15, 0.2) is 182 Å². The predicted molar refractivity (Wildman–Crippen MR) is 224 cm³/mol. The number of hydrogen-bond donors (Lipinski definition) is 0. The van der Waals surface area contributed by atoms with Gasteiger partial charge in [0.2, 0.25) is 0 Å². The fourth-order valence-corrected chi connectivity index (χ4v) is 8.31. The Morgan fingerprint density at radius 1 is 0.288 bits per heavy atom. The summed E-state index contributed by atoms with van der Waals surface area (Å²) in [5, 5.41) is 12.6. The molecule has 0 N–H and O–H groups in total. The number of para-hydroxylation sites is 2. The van der Waals surface area contributed by atoms with Crippen molar-refractivity contribution in [1.29, 1.82) is 0 Å². The van der Waals surface area contributed by atoms with Crippen LogP contribution in [-0.4, -0.2) is 0 Å². The maximum atomic E-state index is 2.43. The summed E-state index contributed by atoms with van der Waals surface area (Å²) in [6, 6.07) is 66.6. The molecule has 0 radical (unpaired) electrons. The minimum Gasteiger partial charge on any atom is -0.310 e. The minimum absolute atomic E-state index is 1.13. The first kappa shape index (κ1) is 30.2. The summed E-state index contributed by atoms with van der Waals surface area (Å²) in [5.41, 5.74) is 9.43. The maximum Gasteiger partial charge on any atom is 0.0543 e. The van der Waals surface area contributed by atoms with Gasteiger partial charge < -0.3 is 9.80 Å². The van der Waals surface area contributed by atoms with Crippen LogP contribution >= 0.6 is 0 Å². The third-order valence-corrected chi connectivity index (χ3v) is 10.8. The number of anilines is 6. The van der Waals surface area contributed by atoms with Crippen LogP contribution in [0.5, 0.6) is 0 Å². The number of fused-ring (bicyclic) bond motifs is 2. The van der Waals surface area contributed by atoms with Crippen molar-refractivity contribution in [3.05, 3.63) is 193 Å². The van der Waals surface area contributed by atoms with Gasteiger partial charge in [-0.2, -0.15) is 0 Å². The van der Waals surface area contributed by atoms with Crippen molar-refractivity contribution in [2.75, 3.05) is 9.80 Å². The Kier molecular flexibility index (Phi) is 6.97. The minimum atomic E-state index is 1.13. The van der Waals surface area contributed by atoms with E-state index >= 15 is 0 Å². The van der Waals surface area contributed by atoms with E-state index in [1.807, 2.05) is 0 Å². The SMILES string of the molecule is Cc1cc(N(c2ccccc2)c2ccc3ccccc3c2)c2ccc3c(C)cc(N(c4ccccc4)c4ccc5ccccc5c4)c4ccc1c2c34. The molecular weight excluding hydrogens is 629 g/mol. The standard InChI is InChI=1S/C50H36N2/c1-33-29-47(51(39-17-5-3-6-18-39)41-23-21-35-13-9-11-15-37(35)31-41)45-28-26-44-34(2)30-48(46-27-25-43(33)49(45)50(44)46)52(40-19-7-4-8-20-40)42-24-22-36-14-10-12-16-38(36)32-42/h3-32H,1-2H3. The van der Waals surface area contributed by atoms with Gasteiger partial charge in [-0.3, -0.25) is 0 Å². The van der Waals surface area contributed by atoms with Gasteiger partial charge in [-0.1, -0.05) is 121 Å².